The third-order valence-corrected chi connectivity index (χ3v) is 7.46. The number of nitrogens with one attached hydrogen (secondary N) is 1. The van der Waals surface area contributed by atoms with Crippen molar-refractivity contribution in [3.05, 3.63) is 65.3 Å². The molecule has 1 aliphatic heterocycles. The Morgan fingerprint density at radius 2 is 1.67 bits per heavy atom. The van der Waals surface area contributed by atoms with Crippen LogP contribution in [0.25, 0.3) is 10.9 Å². The highest BCUT2D eigenvalue weighted by Gasteiger charge is 2.49. The van der Waals surface area contributed by atoms with Gasteiger partial charge < -0.3 is 9.88 Å². The number of rotatable bonds is 3. The van der Waals surface area contributed by atoms with Crippen LogP contribution < -0.4 is 10.2 Å². The summed E-state index contributed by atoms with van der Waals surface area (Å²) < 4.78 is 2.00. The zero-order chi connectivity index (χ0) is 23.0. The molecule has 2 aliphatic rings. The van der Waals surface area contributed by atoms with Gasteiger partial charge in [0.1, 0.15) is 11.2 Å². The Morgan fingerprint density at radius 1 is 1.00 bits per heavy atom. The number of hydrogen-bond donors (Lipinski definition) is 1. The maximum atomic E-state index is 13.9. The van der Waals surface area contributed by atoms with Crippen LogP contribution in [0.4, 0.5) is 5.69 Å². The molecule has 2 amide bonds. The molecule has 5 rings (SSSR count). The van der Waals surface area contributed by atoms with E-state index in [0.29, 0.717) is 22.9 Å². The number of hydrogen-bond acceptors (Lipinski definition) is 2. The number of carbonyl (C=O) groups is 2. The molecule has 1 fully saturated rings. The van der Waals surface area contributed by atoms with Crippen molar-refractivity contribution in [2.24, 2.45) is 0 Å². The third-order valence-electron chi connectivity index (χ3n) is 7.21. The van der Waals surface area contributed by atoms with E-state index < -0.39 is 5.54 Å². The minimum Gasteiger partial charge on any atom is -0.351 e. The van der Waals surface area contributed by atoms with Crippen molar-refractivity contribution < 1.29 is 9.59 Å². The molecule has 0 saturated heterocycles. The van der Waals surface area contributed by atoms with Crippen molar-refractivity contribution in [1.29, 1.82) is 0 Å². The average molecular weight is 464 g/mol. The lowest BCUT2D eigenvalue weighted by Gasteiger charge is -2.44. The van der Waals surface area contributed by atoms with E-state index in [1.54, 1.807) is 17.0 Å². The van der Waals surface area contributed by atoms with Crippen molar-refractivity contribution >= 4 is 40.0 Å². The molecule has 1 N–H and O–H groups in total. The van der Waals surface area contributed by atoms with Crippen LogP contribution in [0.1, 0.15) is 62.4 Å². The van der Waals surface area contributed by atoms with E-state index >= 15 is 0 Å². The van der Waals surface area contributed by atoms with Gasteiger partial charge in [0.15, 0.2) is 0 Å². The highest BCUT2D eigenvalue weighted by molar-refractivity contribution is 6.30. The number of amides is 2. The van der Waals surface area contributed by atoms with Gasteiger partial charge in [0.25, 0.3) is 5.91 Å². The summed E-state index contributed by atoms with van der Waals surface area (Å²) in [5, 5.41) is 4.92. The minimum absolute atomic E-state index is 0.0974. The summed E-state index contributed by atoms with van der Waals surface area (Å²) in [6.07, 6.45) is 7.97. The summed E-state index contributed by atoms with van der Waals surface area (Å²) in [6, 6.07) is 17.2. The number of carbonyl (C=O) groups excluding carboxylic acids is 2. The number of aromatic nitrogens is 1. The predicted octanol–water partition coefficient (Wildman–Crippen LogP) is 5.94. The minimum atomic E-state index is -1.07. The summed E-state index contributed by atoms with van der Waals surface area (Å²) >= 11 is 6.13. The largest absolute Gasteiger partial charge is 0.351 e. The molecule has 1 saturated carbocycles. The number of anilines is 1. The van der Waals surface area contributed by atoms with Gasteiger partial charge in [-0.3, -0.25) is 14.5 Å². The van der Waals surface area contributed by atoms with Crippen LogP contribution in [0.5, 0.6) is 0 Å². The summed E-state index contributed by atoms with van der Waals surface area (Å²) in [5.41, 5.74) is 1.18. The van der Waals surface area contributed by atoms with Crippen molar-refractivity contribution in [3.63, 3.8) is 0 Å². The monoisotopic (exact) mass is 463 g/mol. The zero-order valence-corrected chi connectivity index (χ0v) is 19.8. The van der Waals surface area contributed by atoms with Gasteiger partial charge in [0.2, 0.25) is 5.91 Å². The molecule has 172 valence electrons. The summed E-state index contributed by atoms with van der Waals surface area (Å²) in [6.45, 7) is 2.28. The third kappa shape index (κ3) is 4.04. The topological polar surface area (TPSA) is 54.3 Å². The van der Waals surface area contributed by atoms with Crippen molar-refractivity contribution in [2.75, 3.05) is 4.90 Å². The number of benzene rings is 2. The smallest absolute Gasteiger partial charge is 0.275 e. The number of halogens is 1. The van der Waals surface area contributed by atoms with Gasteiger partial charge in [-0.15, -0.1) is 0 Å². The van der Waals surface area contributed by atoms with Crippen molar-refractivity contribution in [3.8, 4) is 0 Å². The van der Waals surface area contributed by atoms with E-state index in [2.05, 4.69) is 5.32 Å². The summed E-state index contributed by atoms with van der Waals surface area (Å²) in [5.74, 6) is -0.269. The Bertz CT molecular complexity index is 1180. The number of fused-ring (bicyclic) bond motifs is 3. The van der Waals surface area contributed by atoms with Crippen LogP contribution in [0.3, 0.4) is 0 Å². The summed E-state index contributed by atoms with van der Waals surface area (Å²) in [4.78, 5) is 29.4. The standard InChI is InChI=1S/C27H30ClN3O2/c1-27(26(33)29-21-10-5-3-2-4-6-11-21)18-30-23-12-8-7-9-19(23)17-24(30)25(32)31(27)22-15-13-20(28)14-16-22/h7-9,12-17,21H,2-6,10-11,18H2,1H3,(H,29,33)/t27-/m1/s1. The van der Waals surface area contributed by atoms with Crippen LogP contribution in [0.2, 0.25) is 5.02 Å². The molecule has 5 nitrogen and oxygen atoms in total. The van der Waals surface area contributed by atoms with E-state index in [1.165, 1.54) is 19.3 Å². The van der Waals surface area contributed by atoms with Gasteiger partial charge in [-0.05, 0) is 56.2 Å². The zero-order valence-electron chi connectivity index (χ0n) is 19.0. The molecule has 1 aliphatic carbocycles. The van der Waals surface area contributed by atoms with Crippen LogP contribution in [-0.4, -0.2) is 28.0 Å². The molecular weight excluding hydrogens is 434 g/mol. The van der Waals surface area contributed by atoms with Gasteiger partial charge in [-0.1, -0.05) is 61.9 Å². The second kappa shape index (κ2) is 8.86. The van der Waals surface area contributed by atoms with E-state index in [9.17, 15) is 9.59 Å². The first-order valence-electron chi connectivity index (χ1n) is 12.0. The van der Waals surface area contributed by atoms with Gasteiger partial charge in [-0.2, -0.15) is 0 Å². The first-order valence-corrected chi connectivity index (χ1v) is 12.3. The normalized spacial score (nSPS) is 22.0. The van der Waals surface area contributed by atoms with Gasteiger partial charge in [-0.25, -0.2) is 0 Å². The highest BCUT2D eigenvalue weighted by Crippen LogP contribution is 2.36. The van der Waals surface area contributed by atoms with Crippen molar-refractivity contribution in [1.82, 2.24) is 9.88 Å². The lowest BCUT2D eigenvalue weighted by Crippen LogP contribution is -2.65. The van der Waals surface area contributed by atoms with Gasteiger partial charge in [0, 0.05) is 27.7 Å². The van der Waals surface area contributed by atoms with Crippen molar-refractivity contribution in [2.45, 2.75) is 70.0 Å². The Hall–Kier alpha value is -2.79. The lowest BCUT2D eigenvalue weighted by molar-refractivity contribution is -0.127. The molecule has 0 radical (unpaired) electrons. The van der Waals surface area contributed by atoms with Crippen LogP contribution >= 0.6 is 11.6 Å². The van der Waals surface area contributed by atoms with Crippen LogP contribution in [0, 0.1) is 0 Å². The average Bonchev–Trinajstić information content (AvgIpc) is 3.15. The predicted molar refractivity (Wildman–Crippen MR) is 133 cm³/mol. The molecule has 2 aromatic carbocycles. The Morgan fingerprint density at radius 3 is 2.39 bits per heavy atom. The number of nitrogens with zero attached hydrogens (tertiary/aromatic N) is 2. The first-order chi connectivity index (χ1) is 16.0. The molecule has 1 aromatic heterocycles. The molecule has 33 heavy (non-hydrogen) atoms. The molecule has 2 heterocycles. The Balaban J connectivity index is 1.56. The Kier molecular flexibility index (Phi) is 5.92. The Labute approximate surface area is 199 Å². The second-order valence-corrected chi connectivity index (χ2v) is 10.0. The fourth-order valence-corrected chi connectivity index (χ4v) is 5.51. The molecule has 1 atom stereocenters. The van der Waals surface area contributed by atoms with Gasteiger partial charge in [0.05, 0.1) is 6.54 Å². The number of para-hydroxylation sites is 1. The summed E-state index contributed by atoms with van der Waals surface area (Å²) in [7, 11) is 0. The molecule has 3 aromatic rings. The van der Waals surface area contributed by atoms with E-state index in [1.807, 2.05) is 54.0 Å². The molecule has 0 bridgehead atoms. The SMILES string of the molecule is C[C@]1(C(=O)NC2CCCCCCC2)Cn2c(cc3ccccc32)C(=O)N1c1ccc(Cl)cc1. The molecule has 0 unspecified atom stereocenters. The first kappa shape index (κ1) is 22.0. The molecule has 0 spiro atoms. The maximum Gasteiger partial charge on any atom is 0.275 e. The van der Waals surface area contributed by atoms with E-state index in [0.717, 1.165) is 36.6 Å². The molecular formula is C27H30ClN3O2. The van der Waals surface area contributed by atoms with E-state index in [-0.39, 0.29) is 17.9 Å². The molecule has 6 heteroatoms. The highest BCUT2D eigenvalue weighted by atomic mass is 35.5. The van der Waals surface area contributed by atoms with Crippen LogP contribution in [-0.2, 0) is 11.3 Å². The lowest BCUT2D eigenvalue weighted by atomic mass is 9.91. The van der Waals surface area contributed by atoms with E-state index in [4.69, 9.17) is 11.6 Å². The second-order valence-electron chi connectivity index (χ2n) is 9.58. The fourth-order valence-electron chi connectivity index (χ4n) is 5.38. The van der Waals surface area contributed by atoms with Gasteiger partial charge >= 0.3 is 0 Å². The van der Waals surface area contributed by atoms with Crippen LogP contribution in [0.15, 0.2) is 54.6 Å². The quantitative estimate of drug-likeness (QED) is 0.522. The maximum absolute atomic E-state index is 13.9. The fraction of sp³-hybridized carbons (Fsp3) is 0.407.